The molecule has 5 heteroatoms. The molecule has 0 spiro atoms. The molecule has 2 aromatic carbocycles. The van der Waals surface area contributed by atoms with E-state index in [1.807, 2.05) is 6.07 Å². The molecule has 1 amide bonds. The fourth-order valence-electron chi connectivity index (χ4n) is 3.44. The summed E-state index contributed by atoms with van der Waals surface area (Å²) in [6.45, 7) is 11.9. The zero-order chi connectivity index (χ0) is 19.9. The highest BCUT2D eigenvalue weighted by Crippen LogP contribution is 2.24. The Morgan fingerprint density at radius 1 is 1.04 bits per heavy atom. The Hall–Kier alpha value is -1.98. The molecule has 1 N–H and O–H groups in total. The van der Waals surface area contributed by atoms with Crippen molar-refractivity contribution in [2.45, 2.75) is 26.5 Å². The van der Waals surface area contributed by atoms with Crippen molar-refractivity contribution in [2.24, 2.45) is 0 Å². The van der Waals surface area contributed by atoms with Gasteiger partial charge in [-0.15, -0.1) is 11.8 Å². The Morgan fingerprint density at radius 3 is 2.39 bits per heavy atom. The molecule has 0 saturated carbocycles. The summed E-state index contributed by atoms with van der Waals surface area (Å²) in [5.74, 6) is 1.38. The van der Waals surface area contributed by atoms with Gasteiger partial charge in [-0.05, 0) is 49.7 Å². The second-order valence-corrected chi connectivity index (χ2v) is 8.43. The topological polar surface area (TPSA) is 35.6 Å². The maximum atomic E-state index is 12.3. The summed E-state index contributed by atoms with van der Waals surface area (Å²) in [6, 6.07) is 14.8. The number of nitrogens with one attached hydrogen (secondary N) is 1. The van der Waals surface area contributed by atoms with Crippen LogP contribution in [0.3, 0.4) is 0 Å². The normalized spacial score (nSPS) is 14.9. The summed E-state index contributed by atoms with van der Waals surface area (Å²) in [6.07, 6.45) is 0. The molecule has 28 heavy (non-hydrogen) atoms. The van der Waals surface area contributed by atoms with Gasteiger partial charge in [0.1, 0.15) is 0 Å². The number of amides is 1. The van der Waals surface area contributed by atoms with Crippen molar-refractivity contribution in [3.8, 4) is 0 Å². The molecule has 1 aliphatic rings. The fraction of sp³-hybridized carbons (Fsp3) is 0.435. The Morgan fingerprint density at radius 2 is 1.75 bits per heavy atom. The molecule has 0 radical (unpaired) electrons. The highest BCUT2D eigenvalue weighted by molar-refractivity contribution is 7.99. The van der Waals surface area contributed by atoms with E-state index in [0.29, 0.717) is 5.75 Å². The lowest BCUT2D eigenvalue weighted by Gasteiger charge is -2.35. The number of rotatable bonds is 7. The van der Waals surface area contributed by atoms with Crippen LogP contribution in [0.15, 0.2) is 42.5 Å². The summed E-state index contributed by atoms with van der Waals surface area (Å²) in [7, 11) is 0. The van der Waals surface area contributed by atoms with E-state index >= 15 is 0 Å². The number of anilines is 2. The quantitative estimate of drug-likeness (QED) is 0.755. The average Bonchev–Trinajstić information content (AvgIpc) is 2.71. The molecule has 0 aliphatic carbocycles. The molecular formula is C23H31N3OS. The first-order chi connectivity index (χ1) is 13.5. The van der Waals surface area contributed by atoms with Gasteiger partial charge in [0.05, 0.1) is 5.75 Å². The second kappa shape index (κ2) is 9.99. The van der Waals surface area contributed by atoms with E-state index < -0.39 is 0 Å². The maximum absolute atomic E-state index is 12.3. The lowest BCUT2D eigenvalue weighted by Crippen LogP contribution is -2.46. The first kappa shape index (κ1) is 20.7. The van der Waals surface area contributed by atoms with Crippen molar-refractivity contribution < 1.29 is 4.79 Å². The number of nitrogens with zero attached hydrogens (tertiary/aromatic N) is 2. The lowest BCUT2D eigenvalue weighted by molar-refractivity contribution is -0.113. The van der Waals surface area contributed by atoms with Crippen molar-refractivity contribution in [3.63, 3.8) is 0 Å². The molecule has 1 saturated heterocycles. The Kier molecular flexibility index (Phi) is 7.40. The summed E-state index contributed by atoms with van der Waals surface area (Å²) in [4.78, 5) is 17.2. The van der Waals surface area contributed by atoms with Gasteiger partial charge in [-0.1, -0.05) is 36.8 Å². The smallest absolute Gasteiger partial charge is 0.234 e. The minimum absolute atomic E-state index is 0.0597. The van der Waals surface area contributed by atoms with Gasteiger partial charge in [-0.25, -0.2) is 0 Å². The minimum atomic E-state index is 0.0597. The van der Waals surface area contributed by atoms with Crippen molar-refractivity contribution in [2.75, 3.05) is 48.7 Å². The first-order valence-electron chi connectivity index (χ1n) is 10.1. The largest absolute Gasteiger partial charge is 0.369 e. The van der Waals surface area contributed by atoms with Crippen LogP contribution in [0.1, 0.15) is 23.6 Å². The van der Waals surface area contributed by atoms with Crippen LogP contribution in [0.5, 0.6) is 0 Å². The predicted octanol–water partition coefficient (Wildman–Crippen LogP) is 4.32. The molecule has 0 bridgehead atoms. The van der Waals surface area contributed by atoms with Crippen molar-refractivity contribution in [1.29, 1.82) is 0 Å². The van der Waals surface area contributed by atoms with Gasteiger partial charge in [0.2, 0.25) is 5.91 Å². The van der Waals surface area contributed by atoms with Crippen molar-refractivity contribution >= 4 is 29.0 Å². The standard InChI is InChI=1S/C23H31N3OS/c1-4-25-11-13-26(14-12-25)21-9-10-22(19(3)15-21)24-23(27)17-28-16-20-7-5-18(2)6-8-20/h5-10,15H,4,11-14,16-17H2,1-3H3,(H,24,27). The number of piperazine rings is 1. The third-order valence-corrected chi connectivity index (χ3v) is 6.29. The molecule has 4 nitrogen and oxygen atoms in total. The zero-order valence-corrected chi connectivity index (χ0v) is 18.0. The number of hydrogen-bond acceptors (Lipinski definition) is 4. The monoisotopic (exact) mass is 397 g/mol. The van der Waals surface area contributed by atoms with E-state index in [1.165, 1.54) is 16.8 Å². The van der Waals surface area contributed by atoms with Crippen molar-refractivity contribution in [3.05, 3.63) is 59.2 Å². The van der Waals surface area contributed by atoms with Crippen LogP contribution >= 0.6 is 11.8 Å². The van der Waals surface area contributed by atoms with E-state index in [2.05, 4.69) is 72.3 Å². The first-order valence-corrected chi connectivity index (χ1v) is 11.2. The maximum Gasteiger partial charge on any atom is 0.234 e. The van der Waals surface area contributed by atoms with E-state index in [0.717, 1.165) is 49.7 Å². The third kappa shape index (κ3) is 5.76. The van der Waals surface area contributed by atoms with Gasteiger partial charge in [0, 0.05) is 43.3 Å². The summed E-state index contributed by atoms with van der Waals surface area (Å²) >= 11 is 1.65. The summed E-state index contributed by atoms with van der Waals surface area (Å²) < 4.78 is 0. The van der Waals surface area contributed by atoms with Crippen LogP contribution in [-0.4, -0.2) is 49.3 Å². The summed E-state index contributed by atoms with van der Waals surface area (Å²) in [5.41, 5.74) is 5.80. The van der Waals surface area contributed by atoms with Gasteiger partial charge in [-0.3, -0.25) is 4.79 Å². The van der Waals surface area contributed by atoms with Gasteiger partial charge < -0.3 is 15.1 Å². The molecule has 0 aromatic heterocycles. The lowest BCUT2D eigenvalue weighted by atomic mass is 10.1. The van der Waals surface area contributed by atoms with Crippen LogP contribution in [0, 0.1) is 13.8 Å². The average molecular weight is 398 g/mol. The number of carbonyl (C=O) groups excluding carboxylic acids is 1. The highest BCUT2D eigenvalue weighted by Gasteiger charge is 2.16. The zero-order valence-electron chi connectivity index (χ0n) is 17.2. The Bertz CT molecular complexity index is 783. The molecule has 1 fully saturated rings. The van der Waals surface area contributed by atoms with Crippen LogP contribution in [0.2, 0.25) is 0 Å². The second-order valence-electron chi connectivity index (χ2n) is 7.45. The van der Waals surface area contributed by atoms with E-state index in [4.69, 9.17) is 0 Å². The van der Waals surface area contributed by atoms with Gasteiger partial charge in [0.25, 0.3) is 0 Å². The molecule has 1 aliphatic heterocycles. The predicted molar refractivity (Wildman–Crippen MR) is 121 cm³/mol. The van der Waals surface area contributed by atoms with Crippen LogP contribution in [-0.2, 0) is 10.5 Å². The fourth-order valence-corrected chi connectivity index (χ4v) is 4.23. The Labute approximate surface area is 173 Å². The highest BCUT2D eigenvalue weighted by atomic mass is 32.2. The van der Waals surface area contributed by atoms with Crippen LogP contribution < -0.4 is 10.2 Å². The number of likely N-dealkylation sites (N-methyl/N-ethyl adjacent to an activating group) is 1. The molecule has 0 unspecified atom stereocenters. The minimum Gasteiger partial charge on any atom is -0.369 e. The molecule has 150 valence electrons. The third-order valence-electron chi connectivity index (χ3n) is 5.29. The SMILES string of the molecule is CCN1CCN(c2ccc(NC(=O)CSCc3ccc(C)cc3)c(C)c2)CC1. The number of thioether (sulfide) groups is 1. The van der Waals surface area contributed by atoms with Crippen molar-refractivity contribution in [1.82, 2.24) is 4.90 Å². The molecule has 0 atom stereocenters. The van der Waals surface area contributed by atoms with Gasteiger partial charge in [0.15, 0.2) is 0 Å². The van der Waals surface area contributed by atoms with E-state index in [1.54, 1.807) is 11.8 Å². The molecular weight excluding hydrogens is 366 g/mol. The molecule has 1 heterocycles. The van der Waals surface area contributed by atoms with E-state index in [9.17, 15) is 4.79 Å². The summed E-state index contributed by atoms with van der Waals surface area (Å²) in [5, 5.41) is 3.07. The number of benzene rings is 2. The van der Waals surface area contributed by atoms with Gasteiger partial charge >= 0.3 is 0 Å². The van der Waals surface area contributed by atoms with Crippen LogP contribution in [0.25, 0.3) is 0 Å². The number of carbonyl (C=O) groups is 1. The van der Waals surface area contributed by atoms with Crippen LogP contribution in [0.4, 0.5) is 11.4 Å². The molecule has 3 rings (SSSR count). The van der Waals surface area contributed by atoms with Gasteiger partial charge in [-0.2, -0.15) is 0 Å². The molecule has 2 aromatic rings. The number of aryl methyl sites for hydroxylation is 2. The Balaban J connectivity index is 1.48. The number of hydrogen-bond donors (Lipinski definition) is 1. The van der Waals surface area contributed by atoms with E-state index in [-0.39, 0.29) is 5.91 Å².